The molecule has 0 radical (unpaired) electrons. The Kier molecular flexibility index (Phi) is 5.68. The molecule has 5 heteroatoms. The number of nitrogens with one attached hydrogen (secondary N) is 1. The van der Waals surface area contributed by atoms with Gasteiger partial charge in [-0.3, -0.25) is 4.79 Å². The quantitative estimate of drug-likeness (QED) is 0.642. The first-order valence-electron chi connectivity index (χ1n) is 8.19. The van der Waals surface area contributed by atoms with Crippen molar-refractivity contribution in [2.75, 3.05) is 7.11 Å². The fraction of sp³-hybridized carbons (Fsp3) is 0.143. The van der Waals surface area contributed by atoms with Crippen LogP contribution in [0.4, 0.5) is 0 Å². The fourth-order valence-corrected chi connectivity index (χ4v) is 3.12. The molecule has 3 rings (SSSR count). The van der Waals surface area contributed by atoms with Gasteiger partial charge in [-0.2, -0.15) is 0 Å². The lowest BCUT2D eigenvalue weighted by Crippen LogP contribution is -2.43. The van der Waals surface area contributed by atoms with E-state index in [1.54, 1.807) is 6.07 Å². The van der Waals surface area contributed by atoms with Crippen LogP contribution in [0.25, 0.3) is 10.8 Å². The minimum atomic E-state index is -0.757. The Bertz CT molecular complexity index is 932. The average molecular weight is 412 g/mol. The topological polar surface area (TPSA) is 55.4 Å². The number of hydrogen-bond acceptors (Lipinski definition) is 3. The minimum Gasteiger partial charge on any atom is -0.467 e. The number of benzene rings is 3. The lowest BCUT2D eigenvalue weighted by atomic mass is 10.0. The number of methoxy groups -OCH3 is 1. The maximum atomic E-state index is 12.8. The molecular weight excluding hydrogens is 394 g/mol. The van der Waals surface area contributed by atoms with E-state index in [2.05, 4.69) is 21.2 Å². The van der Waals surface area contributed by atoms with Crippen molar-refractivity contribution in [2.24, 2.45) is 0 Å². The predicted octanol–water partition coefficient (Wildman–Crippen LogP) is 4.12. The zero-order valence-electron chi connectivity index (χ0n) is 14.2. The summed E-state index contributed by atoms with van der Waals surface area (Å²) in [6.45, 7) is 0. The molecule has 3 aromatic rings. The summed E-state index contributed by atoms with van der Waals surface area (Å²) < 4.78 is 5.82. The Hall–Kier alpha value is -2.66. The Morgan fingerprint density at radius 3 is 2.42 bits per heavy atom. The molecule has 1 amide bonds. The van der Waals surface area contributed by atoms with Gasteiger partial charge in [-0.1, -0.05) is 64.5 Å². The number of halogens is 1. The van der Waals surface area contributed by atoms with Crippen molar-refractivity contribution in [3.63, 3.8) is 0 Å². The van der Waals surface area contributed by atoms with Gasteiger partial charge in [-0.15, -0.1) is 0 Å². The summed E-state index contributed by atoms with van der Waals surface area (Å²) in [6, 6.07) is 20.1. The molecule has 0 saturated carbocycles. The molecule has 0 heterocycles. The third kappa shape index (κ3) is 4.11. The standard InChI is InChI=1S/C21H18BrNO3/c1-26-21(25)19(13-14-9-11-16(22)12-10-14)23-20(24)18-8-4-6-15-5-2-3-7-17(15)18/h2-12,19H,13H2,1H3,(H,23,24)/t19-/m1/s1. The number of fused-ring (bicyclic) bond motifs is 1. The second-order valence-electron chi connectivity index (χ2n) is 5.91. The maximum absolute atomic E-state index is 12.8. The first-order valence-corrected chi connectivity index (χ1v) is 8.98. The van der Waals surface area contributed by atoms with Crippen molar-refractivity contribution in [3.8, 4) is 0 Å². The molecule has 3 aromatic carbocycles. The molecule has 0 aromatic heterocycles. The van der Waals surface area contributed by atoms with Crippen LogP contribution in [0.1, 0.15) is 15.9 Å². The van der Waals surface area contributed by atoms with Crippen molar-refractivity contribution in [1.82, 2.24) is 5.32 Å². The third-order valence-electron chi connectivity index (χ3n) is 4.18. The van der Waals surface area contributed by atoms with Crippen molar-refractivity contribution in [2.45, 2.75) is 12.5 Å². The maximum Gasteiger partial charge on any atom is 0.328 e. The van der Waals surface area contributed by atoms with E-state index in [9.17, 15) is 9.59 Å². The molecule has 0 spiro atoms. The molecular formula is C21H18BrNO3. The molecule has 0 bridgehead atoms. The molecule has 0 aliphatic carbocycles. The zero-order valence-corrected chi connectivity index (χ0v) is 15.8. The predicted molar refractivity (Wildman–Crippen MR) is 105 cm³/mol. The van der Waals surface area contributed by atoms with E-state index in [1.165, 1.54) is 7.11 Å². The SMILES string of the molecule is COC(=O)[C@@H](Cc1ccc(Br)cc1)NC(=O)c1cccc2ccccc12. The second-order valence-corrected chi connectivity index (χ2v) is 6.82. The first-order chi connectivity index (χ1) is 12.6. The van der Waals surface area contributed by atoms with Crippen molar-refractivity contribution in [3.05, 3.63) is 82.3 Å². The Morgan fingerprint density at radius 2 is 1.69 bits per heavy atom. The largest absolute Gasteiger partial charge is 0.467 e. The van der Waals surface area contributed by atoms with E-state index < -0.39 is 12.0 Å². The molecule has 0 aliphatic rings. The summed E-state index contributed by atoms with van der Waals surface area (Å²) in [6.07, 6.45) is 0.358. The van der Waals surface area contributed by atoms with Crippen LogP contribution in [0.15, 0.2) is 71.2 Å². The molecule has 0 unspecified atom stereocenters. The molecule has 132 valence electrons. The van der Waals surface area contributed by atoms with Crippen molar-refractivity contribution < 1.29 is 14.3 Å². The van der Waals surface area contributed by atoms with Gasteiger partial charge in [0.2, 0.25) is 0 Å². The van der Waals surface area contributed by atoms with Gasteiger partial charge in [0.1, 0.15) is 6.04 Å². The Morgan fingerprint density at radius 1 is 1.00 bits per heavy atom. The lowest BCUT2D eigenvalue weighted by molar-refractivity contribution is -0.142. The van der Waals surface area contributed by atoms with Gasteiger partial charge >= 0.3 is 5.97 Å². The molecule has 4 nitrogen and oxygen atoms in total. The molecule has 0 fully saturated rings. The summed E-state index contributed by atoms with van der Waals surface area (Å²) in [4.78, 5) is 25.0. The van der Waals surface area contributed by atoms with Crippen LogP contribution < -0.4 is 5.32 Å². The van der Waals surface area contributed by atoms with Gasteiger partial charge in [0.15, 0.2) is 0 Å². The summed E-state index contributed by atoms with van der Waals surface area (Å²) in [5, 5.41) is 4.64. The molecule has 0 aliphatic heterocycles. The van der Waals surface area contributed by atoms with Gasteiger partial charge in [0.05, 0.1) is 7.11 Å². The van der Waals surface area contributed by atoms with Crippen LogP contribution in [0.5, 0.6) is 0 Å². The monoisotopic (exact) mass is 411 g/mol. The number of ether oxygens (including phenoxy) is 1. The number of carbonyl (C=O) groups is 2. The van der Waals surface area contributed by atoms with Crippen LogP contribution in [0, 0.1) is 0 Å². The minimum absolute atomic E-state index is 0.297. The van der Waals surface area contributed by atoms with Gasteiger partial charge in [0.25, 0.3) is 5.91 Å². The Balaban J connectivity index is 1.85. The van der Waals surface area contributed by atoms with E-state index >= 15 is 0 Å². The van der Waals surface area contributed by atoms with Crippen LogP contribution in [-0.4, -0.2) is 25.0 Å². The van der Waals surface area contributed by atoms with Crippen molar-refractivity contribution >= 4 is 38.6 Å². The number of amides is 1. The molecule has 26 heavy (non-hydrogen) atoms. The smallest absolute Gasteiger partial charge is 0.328 e. The molecule has 1 N–H and O–H groups in total. The van der Waals surface area contributed by atoms with Crippen LogP contribution in [-0.2, 0) is 16.0 Å². The first kappa shape index (κ1) is 18.1. The van der Waals surface area contributed by atoms with Gasteiger partial charge in [0, 0.05) is 16.5 Å². The number of carbonyl (C=O) groups excluding carboxylic acids is 2. The van der Waals surface area contributed by atoms with E-state index in [-0.39, 0.29) is 5.91 Å². The van der Waals surface area contributed by atoms with Gasteiger partial charge < -0.3 is 10.1 Å². The van der Waals surface area contributed by atoms with Gasteiger partial charge in [-0.25, -0.2) is 4.79 Å². The normalized spacial score (nSPS) is 11.8. The van der Waals surface area contributed by atoms with E-state index in [1.807, 2.05) is 60.7 Å². The summed E-state index contributed by atoms with van der Waals surface area (Å²) in [7, 11) is 1.32. The van der Waals surface area contributed by atoms with Crippen LogP contribution >= 0.6 is 15.9 Å². The van der Waals surface area contributed by atoms with Gasteiger partial charge in [-0.05, 0) is 34.5 Å². The summed E-state index contributed by atoms with van der Waals surface area (Å²) in [5.74, 6) is -0.768. The fourth-order valence-electron chi connectivity index (χ4n) is 2.85. The lowest BCUT2D eigenvalue weighted by Gasteiger charge is -2.17. The number of rotatable bonds is 5. The van der Waals surface area contributed by atoms with E-state index in [4.69, 9.17) is 4.74 Å². The molecule has 1 atom stereocenters. The number of hydrogen-bond donors (Lipinski definition) is 1. The summed E-state index contributed by atoms with van der Waals surface area (Å²) in [5.41, 5.74) is 1.47. The van der Waals surface area contributed by atoms with E-state index in [0.717, 1.165) is 20.8 Å². The van der Waals surface area contributed by atoms with Crippen molar-refractivity contribution in [1.29, 1.82) is 0 Å². The zero-order chi connectivity index (χ0) is 18.5. The van der Waals surface area contributed by atoms with E-state index in [0.29, 0.717) is 12.0 Å². The Labute approximate surface area is 160 Å². The highest BCUT2D eigenvalue weighted by Gasteiger charge is 2.23. The van der Waals surface area contributed by atoms with Crippen LogP contribution in [0.3, 0.4) is 0 Å². The number of esters is 1. The average Bonchev–Trinajstić information content (AvgIpc) is 2.68. The molecule has 0 saturated heterocycles. The highest BCUT2D eigenvalue weighted by Crippen LogP contribution is 2.19. The highest BCUT2D eigenvalue weighted by molar-refractivity contribution is 9.10. The second kappa shape index (κ2) is 8.15. The summed E-state index contributed by atoms with van der Waals surface area (Å²) >= 11 is 3.39. The van der Waals surface area contributed by atoms with Crippen LogP contribution in [0.2, 0.25) is 0 Å². The highest BCUT2D eigenvalue weighted by atomic mass is 79.9. The third-order valence-corrected chi connectivity index (χ3v) is 4.71.